The van der Waals surface area contributed by atoms with E-state index in [0.717, 1.165) is 55.0 Å². The number of nitrogens with one attached hydrogen (secondary N) is 2. The number of pyridine rings is 1. The van der Waals surface area contributed by atoms with E-state index in [9.17, 15) is 4.21 Å². The van der Waals surface area contributed by atoms with Crippen molar-refractivity contribution in [3.8, 4) is 16.9 Å². The van der Waals surface area contributed by atoms with Gasteiger partial charge in [0.25, 0.3) is 0 Å². The van der Waals surface area contributed by atoms with Crippen LogP contribution in [-0.2, 0) is 10.8 Å². The van der Waals surface area contributed by atoms with E-state index in [1.54, 1.807) is 7.11 Å². The molecule has 28 heavy (non-hydrogen) atoms. The fraction of sp³-hybridized carbons (Fsp3) is 0.227. The molecule has 1 atom stereocenters. The van der Waals surface area contributed by atoms with Crippen LogP contribution < -0.4 is 10.1 Å². The summed E-state index contributed by atoms with van der Waals surface area (Å²) in [5, 5.41) is 5.33. The second-order valence-corrected chi connectivity index (χ2v) is 8.44. The number of anilines is 1. The molecule has 2 N–H and O–H groups in total. The van der Waals surface area contributed by atoms with Gasteiger partial charge in [0.2, 0.25) is 0 Å². The molecule has 0 bridgehead atoms. The lowest BCUT2D eigenvalue weighted by atomic mass is 9.98. The molecule has 6 heteroatoms. The number of ether oxygens (including phenoxy) is 1. The van der Waals surface area contributed by atoms with Gasteiger partial charge in [-0.15, -0.1) is 0 Å². The van der Waals surface area contributed by atoms with Crippen LogP contribution in [0.3, 0.4) is 0 Å². The molecule has 0 aliphatic heterocycles. The van der Waals surface area contributed by atoms with Crippen LogP contribution in [0.15, 0.2) is 47.5 Å². The van der Waals surface area contributed by atoms with E-state index in [0.29, 0.717) is 5.75 Å². The van der Waals surface area contributed by atoms with Gasteiger partial charge in [0.1, 0.15) is 5.65 Å². The molecule has 4 aromatic rings. The van der Waals surface area contributed by atoms with Gasteiger partial charge in [-0.1, -0.05) is 19.1 Å². The Labute approximate surface area is 166 Å². The Morgan fingerprint density at radius 2 is 2.07 bits per heavy atom. The predicted molar refractivity (Wildman–Crippen MR) is 117 cm³/mol. The smallest absolute Gasteiger partial charge is 0.166 e. The normalized spacial score (nSPS) is 12.4. The number of fused-ring (bicyclic) bond motifs is 3. The average Bonchev–Trinajstić information content (AvgIpc) is 3.10. The minimum absolute atomic E-state index is 0.597. The highest BCUT2D eigenvalue weighted by Gasteiger charge is 2.19. The summed E-state index contributed by atoms with van der Waals surface area (Å²) in [6.07, 6.45) is 1.86. The van der Waals surface area contributed by atoms with E-state index >= 15 is 0 Å². The third-order valence-electron chi connectivity index (χ3n) is 4.96. The fourth-order valence-corrected chi connectivity index (χ4v) is 4.46. The molecule has 0 aliphatic carbocycles. The van der Waals surface area contributed by atoms with Crippen LogP contribution in [0, 0.1) is 6.92 Å². The first-order chi connectivity index (χ1) is 13.6. The van der Waals surface area contributed by atoms with Gasteiger partial charge in [0.15, 0.2) is 5.75 Å². The molecule has 0 saturated carbocycles. The third-order valence-corrected chi connectivity index (χ3v) is 6.26. The van der Waals surface area contributed by atoms with E-state index in [2.05, 4.69) is 33.5 Å². The van der Waals surface area contributed by atoms with E-state index < -0.39 is 10.8 Å². The van der Waals surface area contributed by atoms with Crippen LogP contribution in [0.5, 0.6) is 5.75 Å². The Bertz CT molecular complexity index is 1210. The number of methoxy groups -OCH3 is 1. The van der Waals surface area contributed by atoms with Crippen LogP contribution in [-0.4, -0.2) is 34.1 Å². The van der Waals surface area contributed by atoms with Gasteiger partial charge in [0.05, 0.1) is 29.1 Å². The van der Waals surface area contributed by atoms with Gasteiger partial charge in [-0.3, -0.25) is 4.21 Å². The van der Waals surface area contributed by atoms with Gasteiger partial charge in [-0.05, 0) is 47.9 Å². The van der Waals surface area contributed by atoms with Crippen LogP contribution in [0.4, 0.5) is 5.69 Å². The summed E-state index contributed by atoms with van der Waals surface area (Å²) in [6.45, 7) is 3.97. The standard InChI is InChI=1S/C22H23N3O2S/c1-5-28(26)15-8-6-7-14(10-15)16-11-18(23-3)21(27-4)20-19(16)17-9-13(2)12-24-22(17)25-20/h6-12,23H,5H2,1-4H3,(H,24,25). The molecule has 2 heterocycles. The molecule has 4 rings (SSSR count). The van der Waals surface area contributed by atoms with Crippen LogP contribution >= 0.6 is 0 Å². The SMILES string of the molecule is CCS(=O)c1cccc(-c2cc(NC)c(OC)c3[nH]c4ncc(C)cc4c23)c1. The zero-order chi connectivity index (χ0) is 19.8. The van der Waals surface area contributed by atoms with Gasteiger partial charge in [-0.2, -0.15) is 0 Å². The molecule has 0 spiro atoms. The van der Waals surface area contributed by atoms with Crippen molar-refractivity contribution in [1.29, 1.82) is 0 Å². The topological polar surface area (TPSA) is 67.0 Å². The van der Waals surface area contributed by atoms with Crippen LogP contribution in [0.25, 0.3) is 33.1 Å². The lowest BCUT2D eigenvalue weighted by Crippen LogP contribution is -1.97. The van der Waals surface area contributed by atoms with E-state index in [1.807, 2.05) is 45.3 Å². The molecule has 1 unspecified atom stereocenters. The van der Waals surface area contributed by atoms with Gasteiger partial charge in [-0.25, -0.2) is 4.98 Å². The average molecular weight is 394 g/mol. The minimum Gasteiger partial charge on any atom is -0.492 e. The second kappa shape index (κ2) is 7.28. The molecule has 144 valence electrons. The van der Waals surface area contributed by atoms with Crippen molar-refractivity contribution in [2.45, 2.75) is 18.7 Å². The van der Waals surface area contributed by atoms with E-state index in [-0.39, 0.29) is 0 Å². The van der Waals surface area contributed by atoms with Crippen molar-refractivity contribution in [3.05, 3.63) is 48.2 Å². The quantitative estimate of drug-likeness (QED) is 0.508. The number of aryl methyl sites for hydroxylation is 1. The Morgan fingerprint density at radius 1 is 1.25 bits per heavy atom. The number of hydrogen-bond donors (Lipinski definition) is 2. The number of nitrogens with zero attached hydrogens (tertiary/aromatic N) is 1. The minimum atomic E-state index is -1.00. The highest BCUT2D eigenvalue weighted by Crippen LogP contribution is 2.43. The first kappa shape index (κ1) is 18.5. The highest BCUT2D eigenvalue weighted by atomic mass is 32.2. The zero-order valence-electron chi connectivity index (χ0n) is 16.4. The molecule has 0 radical (unpaired) electrons. The predicted octanol–water partition coefficient (Wildman–Crippen LogP) is 4.87. The van der Waals surface area contributed by atoms with Crippen molar-refractivity contribution in [2.75, 3.05) is 25.2 Å². The molecular formula is C22H23N3O2S. The number of hydrogen-bond acceptors (Lipinski definition) is 4. The van der Waals surface area contributed by atoms with Crippen molar-refractivity contribution in [1.82, 2.24) is 9.97 Å². The van der Waals surface area contributed by atoms with E-state index in [4.69, 9.17) is 4.74 Å². The summed E-state index contributed by atoms with van der Waals surface area (Å²) in [5.74, 6) is 1.35. The summed E-state index contributed by atoms with van der Waals surface area (Å²) in [4.78, 5) is 8.82. The lowest BCUT2D eigenvalue weighted by molar-refractivity contribution is 0.421. The number of rotatable bonds is 5. The molecular weight excluding hydrogens is 370 g/mol. The number of aromatic nitrogens is 2. The fourth-order valence-electron chi connectivity index (χ4n) is 3.64. The summed E-state index contributed by atoms with van der Waals surface area (Å²) in [7, 11) is 2.54. The maximum absolute atomic E-state index is 12.4. The van der Waals surface area contributed by atoms with Gasteiger partial charge < -0.3 is 15.0 Å². The third kappa shape index (κ3) is 2.94. The van der Waals surface area contributed by atoms with Gasteiger partial charge >= 0.3 is 0 Å². The molecule has 2 aromatic carbocycles. The maximum atomic E-state index is 12.4. The van der Waals surface area contributed by atoms with Crippen molar-refractivity contribution < 1.29 is 8.95 Å². The summed E-state index contributed by atoms with van der Waals surface area (Å²) in [6, 6.07) is 12.2. The first-order valence-electron chi connectivity index (χ1n) is 9.23. The molecule has 0 fully saturated rings. The van der Waals surface area contributed by atoms with Crippen LogP contribution in [0.1, 0.15) is 12.5 Å². The Hall–Kier alpha value is -2.86. The van der Waals surface area contributed by atoms with Crippen molar-refractivity contribution in [2.24, 2.45) is 0 Å². The van der Waals surface area contributed by atoms with Crippen molar-refractivity contribution >= 4 is 38.4 Å². The Morgan fingerprint density at radius 3 is 2.79 bits per heavy atom. The Balaban J connectivity index is 2.12. The lowest BCUT2D eigenvalue weighted by Gasteiger charge is -2.14. The monoisotopic (exact) mass is 393 g/mol. The molecule has 2 aromatic heterocycles. The molecule has 5 nitrogen and oxygen atoms in total. The molecule has 0 saturated heterocycles. The second-order valence-electron chi connectivity index (χ2n) is 6.70. The Kier molecular flexibility index (Phi) is 4.81. The first-order valence-corrected chi connectivity index (χ1v) is 10.5. The maximum Gasteiger partial charge on any atom is 0.166 e. The molecule has 0 aliphatic rings. The van der Waals surface area contributed by atoms with Gasteiger partial charge in [0, 0.05) is 34.7 Å². The number of benzene rings is 2. The summed E-state index contributed by atoms with van der Waals surface area (Å²) in [5.41, 5.74) is 5.77. The largest absolute Gasteiger partial charge is 0.492 e. The highest BCUT2D eigenvalue weighted by molar-refractivity contribution is 7.85. The zero-order valence-corrected chi connectivity index (χ0v) is 17.2. The summed E-state index contributed by atoms with van der Waals surface area (Å²) < 4.78 is 18.1. The number of H-pyrrole nitrogens is 1. The van der Waals surface area contributed by atoms with Crippen molar-refractivity contribution in [3.63, 3.8) is 0 Å². The number of aromatic amines is 1. The van der Waals surface area contributed by atoms with E-state index in [1.165, 1.54) is 0 Å². The summed E-state index contributed by atoms with van der Waals surface area (Å²) >= 11 is 0. The van der Waals surface area contributed by atoms with Crippen LogP contribution in [0.2, 0.25) is 0 Å². The molecule has 0 amide bonds.